The first-order valence-corrected chi connectivity index (χ1v) is 8.97. The number of carbonyl (C=O) groups is 2. The van der Waals surface area contributed by atoms with Gasteiger partial charge in [-0.1, -0.05) is 28.1 Å². The van der Waals surface area contributed by atoms with Gasteiger partial charge in [-0.25, -0.2) is 0 Å². The van der Waals surface area contributed by atoms with Crippen LogP contribution in [-0.4, -0.2) is 18.9 Å². The fourth-order valence-corrected chi connectivity index (χ4v) is 2.72. The van der Waals surface area contributed by atoms with E-state index in [1.54, 1.807) is 79.9 Å². The number of carbonyl (C=O) groups excluding carboxylic acids is 2. The number of halogens is 1. The maximum Gasteiger partial charge on any atom is 0.257 e. The van der Waals surface area contributed by atoms with Gasteiger partial charge in [0.05, 0.1) is 18.4 Å². The maximum absolute atomic E-state index is 12.7. The Morgan fingerprint density at radius 2 is 1.48 bits per heavy atom. The largest absolute Gasteiger partial charge is 0.497 e. The molecule has 3 aromatic carbocycles. The first-order chi connectivity index (χ1) is 13.1. The van der Waals surface area contributed by atoms with Crippen molar-refractivity contribution in [3.8, 4) is 5.75 Å². The van der Waals surface area contributed by atoms with Crippen LogP contribution in [0.5, 0.6) is 5.75 Å². The zero-order valence-electron chi connectivity index (χ0n) is 14.5. The summed E-state index contributed by atoms with van der Waals surface area (Å²) in [6, 6.07) is 20.9. The van der Waals surface area contributed by atoms with Crippen LogP contribution in [0, 0.1) is 0 Å². The van der Waals surface area contributed by atoms with Crippen molar-refractivity contribution in [1.29, 1.82) is 0 Å². The predicted molar refractivity (Wildman–Crippen MR) is 109 cm³/mol. The molecule has 0 radical (unpaired) electrons. The van der Waals surface area contributed by atoms with Crippen LogP contribution in [0.3, 0.4) is 0 Å². The number of para-hydroxylation sites is 1. The molecule has 27 heavy (non-hydrogen) atoms. The van der Waals surface area contributed by atoms with Crippen LogP contribution < -0.4 is 15.4 Å². The minimum atomic E-state index is -0.313. The molecule has 0 fully saturated rings. The van der Waals surface area contributed by atoms with Crippen molar-refractivity contribution in [2.24, 2.45) is 0 Å². The third-order valence-electron chi connectivity index (χ3n) is 3.87. The molecule has 0 aliphatic heterocycles. The van der Waals surface area contributed by atoms with Gasteiger partial charge in [0.1, 0.15) is 5.75 Å². The molecule has 2 N–H and O–H groups in total. The Balaban J connectivity index is 1.77. The normalized spacial score (nSPS) is 10.1. The summed E-state index contributed by atoms with van der Waals surface area (Å²) in [6.07, 6.45) is 0. The molecule has 3 aromatic rings. The van der Waals surface area contributed by atoms with Gasteiger partial charge in [-0.2, -0.15) is 0 Å². The molecular weight excluding hydrogens is 408 g/mol. The second-order valence-electron chi connectivity index (χ2n) is 5.69. The molecule has 0 saturated heterocycles. The Bertz CT molecular complexity index is 954. The lowest BCUT2D eigenvalue weighted by molar-refractivity contribution is 0.102. The van der Waals surface area contributed by atoms with Gasteiger partial charge in [0, 0.05) is 15.7 Å². The van der Waals surface area contributed by atoms with Crippen molar-refractivity contribution in [1.82, 2.24) is 0 Å². The molecule has 5 nitrogen and oxygen atoms in total. The number of nitrogens with one attached hydrogen (secondary N) is 2. The molecule has 0 aliphatic rings. The second kappa shape index (κ2) is 8.51. The summed E-state index contributed by atoms with van der Waals surface area (Å²) in [7, 11) is 1.58. The highest BCUT2D eigenvalue weighted by atomic mass is 79.9. The Morgan fingerprint density at radius 1 is 0.815 bits per heavy atom. The average Bonchev–Trinajstić information content (AvgIpc) is 2.69. The first kappa shape index (κ1) is 18.7. The van der Waals surface area contributed by atoms with Crippen molar-refractivity contribution in [3.63, 3.8) is 0 Å². The number of anilines is 2. The van der Waals surface area contributed by atoms with Crippen molar-refractivity contribution in [2.45, 2.75) is 0 Å². The van der Waals surface area contributed by atoms with E-state index < -0.39 is 0 Å². The number of hydrogen-bond donors (Lipinski definition) is 2. The highest BCUT2D eigenvalue weighted by molar-refractivity contribution is 9.10. The number of benzene rings is 3. The molecule has 0 aromatic heterocycles. The number of methoxy groups -OCH3 is 1. The van der Waals surface area contributed by atoms with E-state index in [2.05, 4.69) is 26.6 Å². The Hall–Kier alpha value is -3.12. The molecule has 0 aliphatic carbocycles. The Kier molecular flexibility index (Phi) is 5.88. The second-order valence-corrected chi connectivity index (χ2v) is 6.60. The van der Waals surface area contributed by atoms with Crippen LogP contribution in [0.25, 0.3) is 0 Å². The average molecular weight is 425 g/mol. The fraction of sp³-hybridized carbons (Fsp3) is 0.0476. The zero-order chi connectivity index (χ0) is 19.2. The third-order valence-corrected chi connectivity index (χ3v) is 4.40. The highest BCUT2D eigenvalue weighted by Gasteiger charge is 2.14. The number of ether oxygens (including phenoxy) is 1. The van der Waals surface area contributed by atoms with Gasteiger partial charge in [-0.05, 0) is 60.7 Å². The maximum atomic E-state index is 12.7. The van der Waals surface area contributed by atoms with Gasteiger partial charge in [0.25, 0.3) is 11.8 Å². The van der Waals surface area contributed by atoms with E-state index in [4.69, 9.17) is 4.74 Å². The van der Waals surface area contributed by atoms with E-state index >= 15 is 0 Å². The lowest BCUT2D eigenvalue weighted by atomic mass is 10.1. The number of rotatable bonds is 5. The molecule has 0 bridgehead atoms. The predicted octanol–water partition coefficient (Wildman–Crippen LogP) is 4.96. The molecule has 0 unspecified atom stereocenters. The Morgan fingerprint density at radius 3 is 2.15 bits per heavy atom. The number of hydrogen-bond acceptors (Lipinski definition) is 3. The Labute approximate surface area is 165 Å². The van der Waals surface area contributed by atoms with Gasteiger partial charge in [-0.15, -0.1) is 0 Å². The molecule has 2 amide bonds. The van der Waals surface area contributed by atoms with Gasteiger partial charge in [-0.3, -0.25) is 9.59 Å². The summed E-state index contributed by atoms with van der Waals surface area (Å²) in [5, 5.41) is 5.61. The van der Waals surface area contributed by atoms with Crippen LogP contribution in [0.4, 0.5) is 11.4 Å². The molecular formula is C21H17BrN2O3. The minimum absolute atomic E-state index is 0.285. The van der Waals surface area contributed by atoms with Crippen molar-refractivity contribution >= 4 is 39.1 Å². The lowest BCUT2D eigenvalue weighted by Gasteiger charge is -2.12. The van der Waals surface area contributed by atoms with Crippen LogP contribution in [0.1, 0.15) is 20.7 Å². The van der Waals surface area contributed by atoms with Crippen molar-refractivity contribution in [3.05, 3.63) is 88.4 Å². The summed E-state index contributed by atoms with van der Waals surface area (Å²) >= 11 is 3.34. The van der Waals surface area contributed by atoms with E-state index in [0.717, 1.165) is 4.47 Å². The van der Waals surface area contributed by atoms with Crippen molar-refractivity contribution in [2.75, 3.05) is 17.7 Å². The van der Waals surface area contributed by atoms with E-state index in [9.17, 15) is 9.59 Å². The summed E-state index contributed by atoms with van der Waals surface area (Å²) in [6.45, 7) is 0. The molecule has 6 heteroatoms. The summed E-state index contributed by atoms with van der Waals surface area (Å²) < 4.78 is 6.00. The molecule has 136 valence electrons. The fourth-order valence-electron chi connectivity index (χ4n) is 2.46. The molecule has 0 saturated carbocycles. The van der Waals surface area contributed by atoms with E-state index in [-0.39, 0.29) is 11.8 Å². The van der Waals surface area contributed by atoms with Crippen LogP contribution in [0.15, 0.2) is 77.3 Å². The van der Waals surface area contributed by atoms with Crippen LogP contribution >= 0.6 is 15.9 Å². The third kappa shape index (κ3) is 4.74. The quantitative estimate of drug-likeness (QED) is 0.607. The minimum Gasteiger partial charge on any atom is -0.497 e. The SMILES string of the molecule is COc1ccc(NC(=O)c2ccccc2NC(=O)c2ccc(Br)cc2)cc1. The molecule has 0 atom stereocenters. The zero-order valence-corrected chi connectivity index (χ0v) is 16.1. The van der Waals surface area contributed by atoms with E-state index in [1.807, 2.05) is 0 Å². The van der Waals surface area contributed by atoms with Crippen LogP contribution in [-0.2, 0) is 0 Å². The molecule has 3 rings (SSSR count). The molecule has 0 spiro atoms. The summed E-state index contributed by atoms with van der Waals surface area (Å²) in [5.41, 5.74) is 1.95. The van der Waals surface area contributed by atoms with E-state index in [1.165, 1.54) is 0 Å². The summed E-state index contributed by atoms with van der Waals surface area (Å²) in [5.74, 6) is 0.106. The van der Waals surface area contributed by atoms with Gasteiger partial charge in [0.2, 0.25) is 0 Å². The van der Waals surface area contributed by atoms with E-state index in [0.29, 0.717) is 28.3 Å². The number of amides is 2. The summed E-state index contributed by atoms with van der Waals surface area (Å²) in [4.78, 5) is 25.1. The first-order valence-electron chi connectivity index (χ1n) is 8.18. The smallest absolute Gasteiger partial charge is 0.257 e. The lowest BCUT2D eigenvalue weighted by Crippen LogP contribution is -2.18. The highest BCUT2D eigenvalue weighted by Crippen LogP contribution is 2.20. The van der Waals surface area contributed by atoms with Gasteiger partial charge in [0.15, 0.2) is 0 Å². The standard InChI is InChI=1S/C21H17BrN2O3/c1-27-17-12-10-16(11-13-17)23-21(26)18-4-2-3-5-19(18)24-20(25)14-6-8-15(22)9-7-14/h2-13H,1H3,(H,23,26)(H,24,25). The molecule has 0 heterocycles. The topological polar surface area (TPSA) is 67.4 Å². The van der Waals surface area contributed by atoms with Crippen molar-refractivity contribution < 1.29 is 14.3 Å². The van der Waals surface area contributed by atoms with Gasteiger partial charge < -0.3 is 15.4 Å². The van der Waals surface area contributed by atoms with Crippen LogP contribution in [0.2, 0.25) is 0 Å². The monoisotopic (exact) mass is 424 g/mol. The van der Waals surface area contributed by atoms with Gasteiger partial charge >= 0.3 is 0 Å².